The van der Waals surface area contributed by atoms with Crippen LogP contribution >= 0.6 is 0 Å². The molecule has 1 aromatic heterocycles. The summed E-state index contributed by atoms with van der Waals surface area (Å²) in [4.78, 5) is 3.99. The zero-order valence-corrected chi connectivity index (χ0v) is 8.05. The van der Waals surface area contributed by atoms with E-state index in [1.165, 1.54) is 0 Å². The fourth-order valence-corrected chi connectivity index (χ4v) is 1.25. The normalized spacial score (nSPS) is 17.0. The van der Waals surface area contributed by atoms with Crippen LogP contribution in [0.2, 0.25) is 0 Å². The van der Waals surface area contributed by atoms with Crippen LogP contribution in [0.4, 0.5) is 0 Å². The Labute approximate surface area is 87.2 Å². The fourth-order valence-electron chi connectivity index (χ4n) is 1.25. The molecule has 0 amide bonds. The van der Waals surface area contributed by atoms with E-state index < -0.39 is 0 Å². The first-order chi connectivity index (χ1) is 7.38. The molecule has 1 aliphatic rings. The molecule has 1 saturated heterocycles. The molecule has 1 fully saturated rings. The summed E-state index contributed by atoms with van der Waals surface area (Å²) in [6, 6.07) is 7.01. The largest absolute Gasteiger partial charge is 0.469 e. The topological polar surface area (TPSA) is 64.4 Å². The lowest BCUT2D eigenvalue weighted by atomic mass is 10.3. The van der Waals surface area contributed by atoms with E-state index in [2.05, 4.69) is 4.98 Å². The molecule has 5 nitrogen and oxygen atoms in total. The van der Waals surface area contributed by atoms with Gasteiger partial charge in [-0.3, -0.25) is 0 Å². The molecule has 2 rings (SSSR count). The second-order valence-electron chi connectivity index (χ2n) is 3.07. The minimum atomic E-state index is -0.153. The number of aromatic nitrogens is 1. The van der Waals surface area contributed by atoms with E-state index in [0.29, 0.717) is 31.6 Å². The van der Waals surface area contributed by atoms with Crippen molar-refractivity contribution in [1.82, 2.24) is 4.98 Å². The Balaban J connectivity index is 2.00. The summed E-state index contributed by atoms with van der Waals surface area (Å²) < 4.78 is 15.6. The fraction of sp³-hybridized carbons (Fsp3) is 0.400. The van der Waals surface area contributed by atoms with E-state index in [-0.39, 0.29) is 6.10 Å². The van der Waals surface area contributed by atoms with Crippen molar-refractivity contribution in [3.05, 3.63) is 23.9 Å². The van der Waals surface area contributed by atoms with Gasteiger partial charge in [-0.1, -0.05) is 6.07 Å². The summed E-state index contributed by atoms with van der Waals surface area (Å²) in [5.74, 6) is 0.424. The van der Waals surface area contributed by atoms with E-state index >= 15 is 0 Å². The van der Waals surface area contributed by atoms with E-state index in [9.17, 15) is 0 Å². The van der Waals surface area contributed by atoms with Gasteiger partial charge < -0.3 is 14.2 Å². The predicted molar refractivity (Wildman–Crippen MR) is 50.1 cm³/mol. The van der Waals surface area contributed by atoms with Gasteiger partial charge in [0.1, 0.15) is 24.7 Å². The van der Waals surface area contributed by atoms with E-state index in [1.54, 1.807) is 18.2 Å². The maximum absolute atomic E-state index is 8.65. The first kappa shape index (κ1) is 9.90. The number of hydrogen-bond acceptors (Lipinski definition) is 5. The summed E-state index contributed by atoms with van der Waals surface area (Å²) in [5.41, 5.74) is 0.338. The van der Waals surface area contributed by atoms with Gasteiger partial charge in [0.2, 0.25) is 5.88 Å². The molecule has 0 saturated carbocycles. The Bertz CT molecular complexity index is 369. The lowest BCUT2D eigenvalue weighted by molar-refractivity contribution is -0.144. The molecule has 0 N–H and O–H groups in total. The SMILES string of the molecule is N#Cc1cccc(OC2COCOC2)n1. The summed E-state index contributed by atoms with van der Waals surface area (Å²) >= 11 is 0. The predicted octanol–water partition coefficient (Wildman–Crippen LogP) is 0.705. The third-order valence-corrected chi connectivity index (χ3v) is 1.90. The van der Waals surface area contributed by atoms with E-state index in [4.69, 9.17) is 19.5 Å². The average molecular weight is 206 g/mol. The minimum Gasteiger partial charge on any atom is -0.469 e. The van der Waals surface area contributed by atoms with Crippen molar-refractivity contribution in [1.29, 1.82) is 5.26 Å². The molecule has 0 spiro atoms. The molecular weight excluding hydrogens is 196 g/mol. The van der Waals surface area contributed by atoms with Crippen LogP contribution in [-0.4, -0.2) is 31.1 Å². The van der Waals surface area contributed by atoms with Gasteiger partial charge in [0.25, 0.3) is 0 Å². The molecule has 5 heteroatoms. The Hall–Kier alpha value is -1.64. The lowest BCUT2D eigenvalue weighted by Gasteiger charge is -2.22. The molecule has 1 aromatic rings. The van der Waals surface area contributed by atoms with Gasteiger partial charge in [-0.25, -0.2) is 4.98 Å². The number of hydrogen-bond donors (Lipinski definition) is 0. The third-order valence-electron chi connectivity index (χ3n) is 1.90. The molecule has 2 heterocycles. The number of ether oxygens (including phenoxy) is 3. The van der Waals surface area contributed by atoms with Crippen LogP contribution < -0.4 is 4.74 Å². The Morgan fingerprint density at radius 3 is 2.93 bits per heavy atom. The number of pyridine rings is 1. The summed E-state index contributed by atoms with van der Waals surface area (Å²) in [5, 5.41) is 8.65. The lowest BCUT2D eigenvalue weighted by Crippen LogP contribution is -2.34. The summed E-state index contributed by atoms with van der Waals surface area (Å²) in [6.45, 7) is 1.28. The van der Waals surface area contributed by atoms with Crippen LogP contribution in [-0.2, 0) is 9.47 Å². The van der Waals surface area contributed by atoms with Gasteiger partial charge in [-0.15, -0.1) is 0 Å². The number of nitriles is 1. The van der Waals surface area contributed by atoms with Crippen LogP contribution in [0.25, 0.3) is 0 Å². The van der Waals surface area contributed by atoms with Crippen LogP contribution in [0.5, 0.6) is 5.88 Å². The van der Waals surface area contributed by atoms with Crippen LogP contribution in [0.3, 0.4) is 0 Å². The van der Waals surface area contributed by atoms with Gasteiger partial charge >= 0.3 is 0 Å². The first-order valence-electron chi connectivity index (χ1n) is 4.58. The number of rotatable bonds is 2. The molecule has 15 heavy (non-hydrogen) atoms. The summed E-state index contributed by atoms with van der Waals surface area (Å²) in [7, 11) is 0. The van der Waals surface area contributed by atoms with Gasteiger partial charge in [-0.05, 0) is 6.07 Å². The monoisotopic (exact) mass is 206 g/mol. The smallest absolute Gasteiger partial charge is 0.214 e. The highest BCUT2D eigenvalue weighted by molar-refractivity contribution is 5.24. The zero-order valence-electron chi connectivity index (χ0n) is 8.05. The highest BCUT2D eigenvalue weighted by Gasteiger charge is 2.16. The Kier molecular flexibility index (Phi) is 3.12. The van der Waals surface area contributed by atoms with Crippen LogP contribution in [0.1, 0.15) is 5.69 Å². The molecule has 0 atom stereocenters. The van der Waals surface area contributed by atoms with E-state index in [0.717, 1.165) is 0 Å². The second-order valence-corrected chi connectivity index (χ2v) is 3.07. The van der Waals surface area contributed by atoms with Gasteiger partial charge in [-0.2, -0.15) is 5.26 Å². The van der Waals surface area contributed by atoms with Crippen molar-refractivity contribution in [2.75, 3.05) is 20.0 Å². The molecular formula is C10H10N2O3. The van der Waals surface area contributed by atoms with Gasteiger partial charge in [0.15, 0.2) is 0 Å². The highest BCUT2D eigenvalue weighted by Crippen LogP contribution is 2.11. The van der Waals surface area contributed by atoms with Crippen LogP contribution in [0.15, 0.2) is 18.2 Å². The van der Waals surface area contributed by atoms with Gasteiger partial charge in [0.05, 0.1) is 13.2 Å². The Morgan fingerprint density at radius 1 is 1.40 bits per heavy atom. The highest BCUT2D eigenvalue weighted by atomic mass is 16.7. The van der Waals surface area contributed by atoms with Crippen molar-refractivity contribution in [3.8, 4) is 11.9 Å². The molecule has 0 bridgehead atoms. The van der Waals surface area contributed by atoms with Crippen molar-refractivity contribution in [2.45, 2.75) is 6.10 Å². The minimum absolute atomic E-state index is 0.153. The quantitative estimate of drug-likeness (QED) is 0.712. The standard InChI is InChI=1S/C10H10N2O3/c11-4-8-2-1-3-10(12-8)15-9-5-13-7-14-6-9/h1-3,9H,5-7H2. The molecule has 0 aromatic carbocycles. The van der Waals surface area contributed by atoms with E-state index in [1.807, 2.05) is 6.07 Å². The third kappa shape index (κ3) is 2.65. The molecule has 0 aliphatic carbocycles. The first-order valence-corrected chi connectivity index (χ1v) is 4.58. The van der Waals surface area contributed by atoms with Crippen molar-refractivity contribution in [3.63, 3.8) is 0 Å². The molecule has 1 aliphatic heterocycles. The average Bonchev–Trinajstić information content (AvgIpc) is 2.31. The maximum Gasteiger partial charge on any atom is 0.214 e. The van der Waals surface area contributed by atoms with Gasteiger partial charge in [0, 0.05) is 6.07 Å². The van der Waals surface area contributed by atoms with Crippen molar-refractivity contribution >= 4 is 0 Å². The zero-order chi connectivity index (χ0) is 10.5. The summed E-state index contributed by atoms with van der Waals surface area (Å²) in [6.07, 6.45) is -0.153. The second kappa shape index (κ2) is 4.73. The van der Waals surface area contributed by atoms with Crippen molar-refractivity contribution < 1.29 is 14.2 Å². The molecule has 78 valence electrons. The van der Waals surface area contributed by atoms with Crippen molar-refractivity contribution in [2.24, 2.45) is 0 Å². The number of nitrogens with zero attached hydrogens (tertiary/aromatic N) is 2. The van der Waals surface area contributed by atoms with Crippen LogP contribution in [0, 0.1) is 11.3 Å². The molecule has 0 radical (unpaired) electrons. The maximum atomic E-state index is 8.65. The Morgan fingerprint density at radius 2 is 2.20 bits per heavy atom. The molecule has 0 unspecified atom stereocenters.